The van der Waals surface area contributed by atoms with Crippen LogP contribution in [0, 0.1) is 11.7 Å². The van der Waals surface area contributed by atoms with E-state index in [2.05, 4.69) is 5.32 Å². The Hall–Kier alpha value is -1.47. The summed E-state index contributed by atoms with van der Waals surface area (Å²) in [5.74, 6) is -0.680. The summed E-state index contributed by atoms with van der Waals surface area (Å²) >= 11 is 0. The van der Waals surface area contributed by atoms with Crippen LogP contribution in [-0.4, -0.2) is 37.5 Å². The van der Waals surface area contributed by atoms with Crippen molar-refractivity contribution in [2.24, 2.45) is 5.92 Å². The molecule has 0 unspecified atom stereocenters. The fourth-order valence-electron chi connectivity index (χ4n) is 2.59. The van der Waals surface area contributed by atoms with Crippen molar-refractivity contribution in [3.8, 4) is 0 Å². The molecule has 1 amide bonds. The summed E-state index contributed by atoms with van der Waals surface area (Å²) in [6.45, 7) is 2.56. The van der Waals surface area contributed by atoms with Crippen LogP contribution in [0.4, 0.5) is 10.1 Å². The zero-order chi connectivity index (χ0) is 16.2. The van der Waals surface area contributed by atoms with E-state index in [1.54, 1.807) is 6.07 Å². The second kappa shape index (κ2) is 7.19. The SMILES string of the molecule is CCCS(=O)(=O)N1CCC(C(=O)Nc2cccc(F)c2)CC1. The second-order valence-corrected chi connectivity index (χ2v) is 7.58. The van der Waals surface area contributed by atoms with Gasteiger partial charge in [-0.2, -0.15) is 0 Å². The molecular weight excluding hydrogens is 307 g/mol. The minimum atomic E-state index is -3.19. The number of amides is 1. The van der Waals surface area contributed by atoms with Crippen molar-refractivity contribution in [1.82, 2.24) is 4.31 Å². The quantitative estimate of drug-likeness (QED) is 0.901. The summed E-state index contributed by atoms with van der Waals surface area (Å²) in [6, 6.07) is 5.73. The zero-order valence-electron chi connectivity index (χ0n) is 12.6. The number of benzene rings is 1. The first-order chi connectivity index (χ1) is 10.4. The lowest BCUT2D eigenvalue weighted by molar-refractivity contribution is -0.120. The van der Waals surface area contributed by atoms with Crippen molar-refractivity contribution in [2.45, 2.75) is 26.2 Å². The van der Waals surface area contributed by atoms with Gasteiger partial charge < -0.3 is 5.32 Å². The lowest BCUT2D eigenvalue weighted by Crippen LogP contribution is -2.42. The largest absolute Gasteiger partial charge is 0.326 e. The first-order valence-corrected chi connectivity index (χ1v) is 9.07. The molecule has 1 aromatic carbocycles. The highest BCUT2D eigenvalue weighted by molar-refractivity contribution is 7.89. The molecule has 7 heteroatoms. The molecule has 0 atom stereocenters. The molecule has 22 heavy (non-hydrogen) atoms. The van der Waals surface area contributed by atoms with Gasteiger partial charge in [0.1, 0.15) is 5.82 Å². The Morgan fingerprint density at radius 2 is 2.05 bits per heavy atom. The third-order valence-corrected chi connectivity index (χ3v) is 5.85. The summed E-state index contributed by atoms with van der Waals surface area (Å²) in [4.78, 5) is 12.2. The van der Waals surface area contributed by atoms with Gasteiger partial charge in [0.25, 0.3) is 0 Å². The van der Waals surface area contributed by atoms with Crippen molar-refractivity contribution in [1.29, 1.82) is 0 Å². The predicted molar refractivity (Wildman–Crippen MR) is 83.4 cm³/mol. The van der Waals surface area contributed by atoms with E-state index in [1.165, 1.54) is 22.5 Å². The number of halogens is 1. The van der Waals surface area contributed by atoms with Crippen LogP contribution in [-0.2, 0) is 14.8 Å². The molecule has 1 heterocycles. The molecule has 1 aliphatic rings. The zero-order valence-corrected chi connectivity index (χ0v) is 13.4. The van der Waals surface area contributed by atoms with Gasteiger partial charge in [-0.1, -0.05) is 13.0 Å². The number of carbonyl (C=O) groups excluding carboxylic acids is 1. The van der Waals surface area contributed by atoms with Gasteiger partial charge in [-0.3, -0.25) is 4.79 Å². The maximum absolute atomic E-state index is 13.1. The summed E-state index contributed by atoms with van der Waals surface area (Å²) in [5, 5.41) is 2.68. The number of sulfonamides is 1. The Balaban J connectivity index is 1.90. The second-order valence-electron chi connectivity index (χ2n) is 5.49. The number of hydrogen-bond acceptors (Lipinski definition) is 3. The molecule has 2 rings (SSSR count). The third kappa shape index (κ3) is 4.27. The van der Waals surface area contributed by atoms with Gasteiger partial charge >= 0.3 is 0 Å². The van der Waals surface area contributed by atoms with E-state index in [0.717, 1.165) is 0 Å². The summed E-state index contributed by atoms with van der Waals surface area (Å²) in [5.41, 5.74) is 0.422. The summed E-state index contributed by atoms with van der Waals surface area (Å²) in [6.07, 6.45) is 1.57. The average molecular weight is 328 g/mol. The molecule has 0 bridgehead atoms. The maximum atomic E-state index is 13.1. The molecule has 0 spiro atoms. The Bertz CT molecular complexity index is 625. The molecule has 122 valence electrons. The lowest BCUT2D eigenvalue weighted by atomic mass is 9.97. The summed E-state index contributed by atoms with van der Waals surface area (Å²) < 4.78 is 38.5. The molecule has 0 aliphatic carbocycles. The monoisotopic (exact) mass is 328 g/mol. The van der Waals surface area contributed by atoms with Crippen molar-refractivity contribution in [3.63, 3.8) is 0 Å². The molecule has 5 nitrogen and oxygen atoms in total. The number of piperidine rings is 1. The molecule has 1 aromatic rings. The number of rotatable bonds is 5. The fraction of sp³-hybridized carbons (Fsp3) is 0.533. The van der Waals surface area contributed by atoms with Gasteiger partial charge in [0.05, 0.1) is 5.75 Å². The van der Waals surface area contributed by atoms with Crippen molar-refractivity contribution >= 4 is 21.6 Å². The van der Waals surface area contributed by atoms with E-state index >= 15 is 0 Å². The molecule has 0 radical (unpaired) electrons. The van der Waals surface area contributed by atoms with Gasteiger partial charge in [-0.05, 0) is 37.5 Å². The van der Waals surface area contributed by atoms with E-state index < -0.39 is 15.8 Å². The fourth-order valence-corrected chi connectivity index (χ4v) is 4.14. The summed E-state index contributed by atoms with van der Waals surface area (Å²) in [7, 11) is -3.19. The van der Waals surface area contributed by atoms with Crippen LogP contribution in [0.15, 0.2) is 24.3 Å². The van der Waals surface area contributed by atoms with E-state index in [9.17, 15) is 17.6 Å². The lowest BCUT2D eigenvalue weighted by Gasteiger charge is -2.30. The number of hydrogen-bond donors (Lipinski definition) is 1. The van der Waals surface area contributed by atoms with Crippen LogP contribution in [0.2, 0.25) is 0 Å². The van der Waals surface area contributed by atoms with Crippen LogP contribution in [0.1, 0.15) is 26.2 Å². The molecule has 1 N–H and O–H groups in total. The molecule has 1 saturated heterocycles. The third-order valence-electron chi connectivity index (χ3n) is 3.77. The Kier molecular flexibility index (Phi) is 5.52. The molecule has 0 saturated carbocycles. The van der Waals surface area contributed by atoms with Crippen LogP contribution in [0.3, 0.4) is 0 Å². The van der Waals surface area contributed by atoms with Gasteiger partial charge in [0.2, 0.25) is 15.9 Å². The standard InChI is InChI=1S/C15H21FN2O3S/c1-2-10-22(20,21)18-8-6-12(7-9-18)15(19)17-14-5-3-4-13(16)11-14/h3-5,11-12H,2,6-10H2,1H3,(H,17,19). The minimum absolute atomic E-state index is 0.146. The van der Waals surface area contributed by atoms with Gasteiger partial charge in [-0.25, -0.2) is 17.1 Å². The average Bonchev–Trinajstić information content (AvgIpc) is 2.47. The van der Waals surface area contributed by atoms with Crippen LogP contribution in [0.5, 0.6) is 0 Å². The van der Waals surface area contributed by atoms with Crippen molar-refractivity contribution in [3.05, 3.63) is 30.1 Å². The number of carbonyl (C=O) groups is 1. The minimum Gasteiger partial charge on any atom is -0.326 e. The predicted octanol–water partition coefficient (Wildman–Crippen LogP) is 2.22. The van der Waals surface area contributed by atoms with Crippen LogP contribution in [0.25, 0.3) is 0 Å². The smallest absolute Gasteiger partial charge is 0.227 e. The first-order valence-electron chi connectivity index (χ1n) is 7.46. The van der Waals surface area contributed by atoms with Gasteiger partial charge in [0.15, 0.2) is 0 Å². The van der Waals surface area contributed by atoms with Gasteiger partial charge in [-0.15, -0.1) is 0 Å². The molecule has 0 aromatic heterocycles. The van der Waals surface area contributed by atoms with Crippen molar-refractivity contribution < 1.29 is 17.6 Å². The normalized spacial score (nSPS) is 17.4. The van der Waals surface area contributed by atoms with Crippen molar-refractivity contribution in [2.75, 3.05) is 24.2 Å². The highest BCUT2D eigenvalue weighted by Gasteiger charge is 2.30. The van der Waals surface area contributed by atoms with E-state index in [-0.39, 0.29) is 17.6 Å². The molecule has 1 aliphatic heterocycles. The maximum Gasteiger partial charge on any atom is 0.227 e. The van der Waals surface area contributed by atoms with Crippen LogP contribution < -0.4 is 5.32 Å². The highest BCUT2D eigenvalue weighted by Crippen LogP contribution is 2.22. The molecule has 1 fully saturated rings. The van der Waals surface area contributed by atoms with Gasteiger partial charge in [0, 0.05) is 24.7 Å². The number of nitrogens with zero attached hydrogens (tertiary/aromatic N) is 1. The number of anilines is 1. The Morgan fingerprint density at radius 1 is 1.36 bits per heavy atom. The van der Waals surface area contributed by atoms with Crippen LogP contribution >= 0.6 is 0 Å². The Morgan fingerprint density at radius 3 is 2.64 bits per heavy atom. The van der Waals surface area contributed by atoms with E-state index in [4.69, 9.17) is 0 Å². The first kappa shape index (κ1) is 16.9. The highest BCUT2D eigenvalue weighted by atomic mass is 32.2. The molecular formula is C15H21FN2O3S. The van der Waals surface area contributed by atoms with E-state index in [1.807, 2.05) is 6.92 Å². The topological polar surface area (TPSA) is 66.5 Å². The number of nitrogens with one attached hydrogen (secondary N) is 1. The Labute approximate surface area is 130 Å². The van der Waals surface area contributed by atoms with E-state index in [0.29, 0.717) is 38.0 Å².